The van der Waals surface area contributed by atoms with Crippen LogP contribution < -0.4 is 0 Å². The fourth-order valence-corrected chi connectivity index (χ4v) is 3.82. The largest absolute Gasteiger partial charge is 0.508 e. The lowest BCUT2D eigenvalue weighted by atomic mass is 9.75. The second-order valence-corrected chi connectivity index (χ2v) is 6.46. The number of ether oxygens (including phenoxy) is 1. The number of aromatic hydroxyl groups is 1. The first kappa shape index (κ1) is 16.3. The van der Waals surface area contributed by atoms with E-state index in [1.54, 1.807) is 37.3 Å². The zero-order valence-electron chi connectivity index (χ0n) is 14.4. The number of phenolic OH excluding ortho intramolecular Hbond substituents is 1. The second-order valence-electron chi connectivity index (χ2n) is 6.46. The molecule has 26 heavy (non-hydrogen) atoms. The molecule has 2 atom stereocenters. The van der Waals surface area contributed by atoms with Crippen molar-refractivity contribution in [2.45, 2.75) is 12.8 Å². The molecule has 4 rings (SSSR count). The monoisotopic (exact) mass is 347 g/mol. The summed E-state index contributed by atoms with van der Waals surface area (Å²) in [6, 6.07) is 13.9. The summed E-state index contributed by atoms with van der Waals surface area (Å²) in [5, 5.41) is 9.62. The number of rotatable bonds is 2. The summed E-state index contributed by atoms with van der Waals surface area (Å²) in [6.45, 7) is 1.78. The Balaban J connectivity index is 1.95. The van der Waals surface area contributed by atoms with Crippen LogP contribution in [0.15, 0.2) is 59.1 Å². The van der Waals surface area contributed by atoms with Gasteiger partial charge < -0.3 is 9.84 Å². The van der Waals surface area contributed by atoms with Gasteiger partial charge in [-0.05, 0) is 24.6 Å². The molecule has 0 bridgehead atoms. The molecule has 1 aliphatic carbocycles. The van der Waals surface area contributed by atoms with Crippen molar-refractivity contribution in [1.82, 2.24) is 0 Å². The molecule has 130 valence electrons. The molecule has 5 heteroatoms. The summed E-state index contributed by atoms with van der Waals surface area (Å²) < 4.78 is 4.99. The van der Waals surface area contributed by atoms with Gasteiger partial charge in [0, 0.05) is 28.3 Å². The van der Waals surface area contributed by atoms with E-state index in [1.165, 1.54) is 7.11 Å². The Bertz CT molecular complexity index is 985. The molecule has 2 aromatic rings. The highest BCUT2D eigenvalue weighted by atomic mass is 16.5. The Morgan fingerprint density at radius 1 is 1.08 bits per heavy atom. The Morgan fingerprint density at radius 3 is 2.38 bits per heavy atom. The average molecular weight is 347 g/mol. The molecule has 1 heterocycles. The van der Waals surface area contributed by atoms with E-state index in [0.717, 1.165) is 11.1 Å². The Morgan fingerprint density at radius 2 is 1.73 bits per heavy atom. The van der Waals surface area contributed by atoms with Crippen LogP contribution in [0.3, 0.4) is 0 Å². The molecular weight excluding hydrogens is 330 g/mol. The number of benzene rings is 2. The molecule has 0 spiro atoms. The van der Waals surface area contributed by atoms with Gasteiger partial charge >= 0.3 is 5.97 Å². The van der Waals surface area contributed by atoms with E-state index in [2.05, 4.69) is 4.99 Å². The molecule has 0 aromatic heterocycles. The molecule has 1 N–H and O–H groups in total. The lowest BCUT2D eigenvalue weighted by Gasteiger charge is -2.30. The van der Waals surface area contributed by atoms with Crippen molar-refractivity contribution in [2.24, 2.45) is 10.9 Å². The minimum Gasteiger partial charge on any atom is -0.508 e. The molecule has 0 saturated carbocycles. The standard InChI is InChI=1S/C21H17NO4/c1-11-16(21(25)26-2)17(12-7-9-13(23)10-8-12)18-19(22-11)14-5-3-4-6-15(14)20(18)24/h3-10,16-17,23H,1-2H3/t16?,17-/m1/s1. The van der Waals surface area contributed by atoms with E-state index < -0.39 is 17.8 Å². The van der Waals surface area contributed by atoms with Crippen molar-refractivity contribution >= 4 is 23.2 Å². The summed E-state index contributed by atoms with van der Waals surface area (Å²) in [5.74, 6) is -1.60. The van der Waals surface area contributed by atoms with Crippen LogP contribution in [0.1, 0.15) is 34.3 Å². The SMILES string of the molecule is COC(=O)C1C(C)=NC2=C(C(=O)c3ccccc32)[C@@H]1c1ccc(O)cc1. The molecule has 1 aliphatic heterocycles. The summed E-state index contributed by atoms with van der Waals surface area (Å²) in [5.41, 5.74) is 3.90. The topological polar surface area (TPSA) is 76.0 Å². The van der Waals surface area contributed by atoms with Gasteiger partial charge in [0.1, 0.15) is 11.7 Å². The number of hydrogen-bond donors (Lipinski definition) is 1. The third-order valence-corrected chi connectivity index (χ3v) is 5.02. The summed E-state index contributed by atoms with van der Waals surface area (Å²) >= 11 is 0. The molecule has 5 nitrogen and oxygen atoms in total. The number of carbonyl (C=O) groups is 2. The van der Waals surface area contributed by atoms with E-state index in [4.69, 9.17) is 4.74 Å². The molecular formula is C21H17NO4. The first-order valence-electron chi connectivity index (χ1n) is 8.33. The maximum Gasteiger partial charge on any atom is 0.315 e. The summed E-state index contributed by atoms with van der Waals surface area (Å²) in [6.07, 6.45) is 0. The van der Waals surface area contributed by atoms with E-state index in [0.29, 0.717) is 22.5 Å². The van der Waals surface area contributed by atoms with Crippen molar-refractivity contribution < 1.29 is 19.4 Å². The van der Waals surface area contributed by atoms with Crippen LogP contribution in [0.25, 0.3) is 5.70 Å². The van der Waals surface area contributed by atoms with Crippen LogP contribution in [0.4, 0.5) is 0 Å². The quantitative estimate of drug-likeness (QED) is 0.845. The van der Waals surface area contributed by atoms with Gasteiger partial charge in [-0.2, -0.15) is 0 Å². The second kappa shape index (κ2) is 5.95. The molecule has 1 unspecified atom stereocenters. The number of nitrogens with zero attached hydrogens (tertiary/aromatic N) is 1. The number of esters is 1. The van der Waals surface area contributed by atoms with Gasteiger partial charge in [-0.15, -0.1) is 0 Å². The first-order chi connectivity index (χ1) is 12.5. The zero-order valence-corrected chi connectivity index (χ0v) is 14.4. The van der Waals surface area contributed by atoms with Crippen molar-refractivity contribution in [1.29, 1.82) is 0 Å². The van der Waals surface area contributed by atoms with Crippen LogP contribution in [0.5, 0.6) is 5.75 Å². The van der Waals surface area contributed by atoms with Gasteiger partial charge in [0.15, 0.2) is 5.78 Å². The number of hydrogen-bond acceptors (Lipinski definition) is 5. The van der Waals surface area contributed by atoms with Crippen LogP contribution in [0, 0.1) is 5.92 Å². The Labute approximate surface area is 150 Å². The number of phenols is 1. The fourth-order valence-electron chi connectivity index (χ4n) is 3.82. The zero-order chi connectivity index (χ0) is 18.4. The van der Waals surface area contributed by atoms with E-state index in [9.17, 15) is 14.7 Å². The van der Waals surface area contributed by atoms with Crippen molar-refractivity contribution in [3.8, 4) is 5.75 Å². The van der Waals surface area contributed by atoms with Crippen molar-refractivity contribution in [3.05, 3.63) is 70.8 Å². The summed E-state index contributed by atoms with van der Waals surface area (Å²) in [4.78, 5) is 30.2. The number of Topliss-reactive ketones (excluding diaryl/α,β-unsaturated/α-hetero) is 1. The number of aliphatic imine (C=N–C) groups is 1. The predicted molar refractivity (Wildman–Crippen MR) is 97.2 cm³/mol. The third-order valence-electron chi connectivity index (χ3n) is 5.02. The van der Waals surface area contributed by atoms with Crippen molar-refractivity contribution in [3.63, 3.8) is 0 Å². The molecule has 0 radical (unpaired) electrons. The van der Waals surface area contributed by atoms with Gasteiger partial charge in [-0.3, -0.25) is 14.6 Å². The molecule has 0 fully saturated rings. The van der Waals surface area contributed by atoms with E-state index in [1.807, 2.05) is 18.2 Å². The summed E-state index contributed by atoms with van der Waals surface area (Å²) in [7, 11) is 1.33. The van der Waals surface area contributed by atoms with Gasteiger partial charge in [-0.1, -0.05) is 36.4 Å². The first-order valence-corrected chi connectivity index (χ1v) is 8.33. The molecule has 2 aromatic carbocycles. The normalized spacial score (nSPS) is 21.2. The highest BCUT2D eigenvalue weighted by molar-refractivity contribution is 6.24. The average Bonchev–Trinajstić information content (AvgIpc) is 2.93. The third kappa shape index (κ3) is 2.28. The highest BCUT2D eigenvalue weighted by Gasteiger charge is 2.45. The highest BCUT2D eigenvalue weighted by Crippen LogP contribution is 2.48. The number of ketones is 1. The van der Waals surface area contributed by atoms with Gasteiger partial charge in [0.25, 0.3) is 0 Å². The lowest BCUT2D eigenvalue weighted by Crippen LogP contribution is -2.34. The van der Waals surface area contributed by atoms with Crippen LogP contribution >= 0.6 is 0 Å². The fraction of sp³-hybridized carbons (Fsp3) is 0.190. The number of methoxy groups -OCH3 is 1. The van der Waals surface area contributed by atoms with Gasteiger partial charge in [0.2, 0.25) is 0 Å². The minimum absolute atomic E-state index is 0.112. The maximum absolute atomic E-state index is 13.1. The Kier molecular flexibility index (Phi) is 3.72. The number of carbonyl (C=O) groups excluding carboxylic acids is 2. The van der Waals surface area contributed by atoms with Gasteiger partial charge in [0.05, 0.1) is 12.8 Å². The van der Waals surface area contributed by atoms with Crippen LogP contribution in [0.2, 0.25) is 0 Å². The number of fused-ring (bicyclic) bond motifs is 2. The molecule has 0 amide bonds. The van der Waals surface area contributed by atoms with Crippen LogP contribution in [-0.2, 0) is 9.53 Å². The van der Waals surface area contributed by atoms with Crippen LogP contribution in [-0.4, -0.2) is 29.7 Å². The Hall–Kier alpha value is -3.21. The van der Waals surface area contributed by atoms with Gasteiger partial charge in [-0.25, -0.2) is 0 Å². The lowest BCUT2D eigenvalue weighted by molar-refractivity contribution is -0.143. The number of allylic oxidation sites excluding steroid dienone is 1. The predicted octanol–water partition coefficient (Wildman–Crippen LogP) is 3.35. The molecule has 0 saturated heterocycles. The smallest absolute Gasteiger partial charge is 0.315 e. The van der Waals surface area contributed by atoms with E-state index in [-0.39, 0.29) is 11.5 Å². The molecule has 2 aliphatic rings. The minimum atomic E-state index is -0.679. The maximum atomic E-state index is 13.1. The van der Waals surface area contributed by atoms with Crippen molar-refractivity contribution in [2.75, 3.05) is 7.11 Å². The van der Waals surface area contributed by atoms with E-state index >= 15 is 0 Å².